The number of hydrogen-bond donors (Lipinski definition) is 2. The van der Waals surface area contributed by atoms with E-state index in [0.29, 0.717) is 11.4 Å². The maximum atomic E-state index is 9.09. The molecule has 14 heavy (non-hydrogen) atoms. The van der Waals surface area contributed by atoms with Gasteiger partial charge in [0.15, 0.2) is 5.16 Å². The smallest absolute Gasteiger partial charge is 0.168 e. The molecule has 0 aliphatic rings. The van der Waals surface area contributed by atoms with E-state index in [1.165, 1.54) is 0 Å². The van der Waals surface area contributed by atoms with Crippen LogP contribution in [-0.4, -0.2) is 25.5 Å². The van der Waals surface area contributed by atoms with Crippen LogP contribution < -0.4 is 0 Å². The summed E-state index contributed by atoms with van der Waals surface area (Å²) in [5.74, 6) is 1.00. The Morgan fingerprint density at radius 3 is 2.50 bits per heavy atom. The van der Waals surface area contributed by atoms with E-state index < -0.39 is 0 Å². The molecule has 1 aromatic rings. The van der Waals surface area contributed by atoms with E-state index in [0.717, 1.165) is 17.3 Å². The van der Waals surface area contributed by atoms with Crippen molar-refractivity contribution in [1.29, 1.82) is 0 Å². The molecule has 0 fully saturated rings. The number of rotatable bonds is 5. The van der Waals surface area contributed by atoms with E-state index in [2.05, 4.69) is 11.9 Å². The predicted molar refractivity (Wildman–Crippen MR) is 56.1 cm³/mol. The highest BCUT2D eigenvalue weighted by molar-refractivity contribution is 7.99. The summed E-state index contributed by atoms with van der Waals surface area (Å²) in [4.78, 5) is 4.25. The second-order valence-electron chi connectivity index (χ2n) is 3.01. The fraction of sp³-hybridized carbons (Fsp3) is 0.667. The third-order valence-electron chi connectivity index (χ3n) is 1.99. The lowest BCUT2D eigenvalue weighted by Gasteiger charge is -2.02. The van der Waals surface area contributed by atoms with Crippen molar-refractivity contribution < 1.29 is 10.2 Å². The lowest BCUT2D eigenvalue weighted by molar-refractivity contribution is 0.251. The molecule has 0 saturated heterocycles. The molecule has 0 unspecified atom stereocenters. The lowest BCUT2D eigenvalue weighted by Crippen LogP contribution is -2.00. The fourth-order valence-corrected chi connectivity index (χ4v) is 2.08. The number of aliphatic hydroxyl groups excluding tert-OH is 2. The normalized spacial score (nSPS) is 10.9. The van der Waals surface area contributed by atoms with Gasteiger partial charge in [-0.15, -0.1) is 0 Å². The highest BCUT2D eigenvalue weighted by Crippen LogP contribution is 2.21. The van der Waals surface area contributed by atoms with Gasteiger partial charge in [-0.1, -0.05) is 18.7 Å². The van der Waals surface area contributed by atoms with Crippen LogP contribution in [0.15, 0.2) is 5.16 Å². The van der Waals surface area contributed by atoms with E-state index in [4.69, 9.17) is 10.2 Å². The van der Waals surface area contributed by atoms with Crippen LogP contribution in [0, 0.1) is 0 Å². The number of hydrogen-bond acceptors (Lipinski definition) is 4. The molecule has 4 nitrogen and oxygen atoms in total. The minimum atomic E-state index is -0.115. The molecule has 80 valence electrons. The van der Waals surface area contributed by atoms with Crippen LogP contribution in [0.5, 0.6) is 0 Å². The van der Waals surface area contributed by atoms with Gasteiger partial charge in [-0.05, 0) is 6.42 Å². The second-order valence-corrected chi connectivity index (χ2v) is 4.07. The van der Waals surface area contributed by atoms with Crippen LogP contribution in [0.2, 0.25) is 0 Å². The van der Waals surface area contributed by atoms with Crippen molar-refractivity contribution in [3.05, 3.63) is 11.4 Å². The van der Waals surface area contributed by atoms with Crippen LogP contribution in [0.1, 0.15) is 24.7 Å². The molecule has 0 bridgehead atoms. The average molecular weight is 216 g/mol. The summed E-state index contributed by atoms with van der Waals surface area (Å²) in [6, 6.07) is 0. The Kier molecular flexibility index (Phi) is 4.44. The van der Waals surface area contributed by atoms with Crippen LogP contribution in [0.3, 0.4) is 0 Å². The first-order valence-corrected chi connectivity index (χ1v) is 5.62. The first-order chi connectivity index (χ1) is 6.74. The van der Waals surface area contributed by atoms with E-state index in [1.807, 2.05) is 11.6 Å². The van der Waals surface area contributed by atoms with Gasteiger partial charge in [-0.25, -0.2) is 4.98 Å². The summed E-state index contributed by atoms with van der Waals surface area (Å²) in [5.41, 5.74) is 1.28. The third kappa shape index (κ3) is 2.29. The molecule has 0 aliphatic heterocycles. The number of aliphatic hydroxyl groups is 2. The molecule has 2 N–H and O–H groups in total. The van der Waals surface area contributed by atoms with E-state index >= 15 is 0 Å². The molecule has 0 saturated carbocycles. The number of imidazole rings is 1. The Hall–Kier alpha value is -0.520. The van der Waals surface area contributed by atoms with Crippen LogP contribution in [0.25, 0.3) is 0 Å². The van der Waals surface area contributed by atoms with Crippen molar-refractivity contribution in [2.24, 2.45) is 7.05 Å². The van der Waals surface area contributed by atoms with Crippen molar-refractivity contribution in [1.82, 2.24) is 9.55 Å². The number of nitrogens with zero attached hydrogens (tertiary/aromatic N) is 2. The Bertz CT molecular complexity index is 299. The quantitative estimate of drug-likeness (QED) is 0.718. The first kappa shape index (κ1) is 11.6. The molecule has 0 aromatic carbocycles. The van der Waals surface area contributed by atoms with E-state index in [-0.39, 0.29) is 13.2 Å². The van der Waals surface area contributed by atoms with Gasteiger partial charge in [0.25, 0.3) is 0 Å². The van der Waals surface area contributed by atoms with Gasteiger partial charge in [-0.2, -0.15) is 0 Å². The Balaban J connectivity index is 2.89. The second kappa shape index (κ2) is 5.38. The van der Waals surface area contributed by atoms with Crippen molar-refractivity contribution in [2.45, 2.75) is 31.7 Å². The van der Waals surface area contributed by atoms with Crippen LogP contribution in [0.4, 0.5) is 0 Å². The summed E-state index contributed by atoms with van der Waals surface area (Å²) < 4.78 is 1.84. The molecule has 5 heteroatoms. The van der Waals surface area contributed by atoms with Gasteiger partial charge >= 0.3 is 0 Å². The molecule has 0 aliphatic carbocycles. The number of aromatic nitrogens is 2. The summed E-state index contributed by atoms with van der Waals surface area (Å²) >= 11 is 1.64. The Labute approximate surface area is 88.0 Å². The molecular formula is C9H16N2O2S. The standard InChI is InChI=1S/C9H16N2O2S/c1-3-4-14-9-10-7(5-12)8(6-13)11(9)2/h12-13H,3-6H2,1-2H3. The topological polar surface area (TPSA) is 58.3 Å². The number of thioether (sulfide) groups is 1. The van der Waals surface area contributed by atoms with Gasteiger partial charge in [0, 0.05) is 12.8 Å². The monoisotopic (exact) mass is 216 g/mol. The summed E-state index contributed by atoms with van der Waals surface area (Å²) in [7, 11) is 1.86. The Morgan fingerprint density at radius 1 is 1.36 bits per heavy atom. The van der Waals surface area contributed by atoms with Crippen LogP contribution in [-0.2, 0) is 20.3 Å². The Morgan fingerprint density at radius 2 is 2.07 bits per heavy atom. The van der Waals surface area contributed by atoms with Gasteiger partial charge in [0.05, 0.1) is 24.6 Å². The van der Waals surface area contributed by atoms with E-state index in [1.54, 1.807) is 11.8 Å². The zero-order valence-corrected chi connectivity index (χ0v) is 9.34. The predicted octanol–water partition coefficient (Wildman–Crippen LogP) is 0.907. The van der Waals surface area contributed by atoms with E-state index in [9.17, 15) is 0 Å². The molecule has 1 aromatic heterocycles. The van der Waals surface area contributed by atoms with Crippen LogP contribution >= 0.6 is 11.8 Å². The first-order valence-electron chi connectivity index (χ1n) is 4.63. The molecule has 1 heterocycles. The third-order valence-corrected chi connectivity index (χ3v) is 3.23. The maximum absolute atomic E-state index is 9.09. The average Bonchev–Trinajstić information content (AvgIpc) is 2.51. The fourth-order valence-electron chi connectivity index (χ4n) is 1.21. The molecule has 0 amide bonds. The van der Waals surface area contributed by atoms with Crippen molar-refractivity contribution in [3.8, 4) is 0 Å². The minimum Gasteiger partial charge on any atom is -0.390 e. The largest absolute Gasteiger partial charge is 0.390 e. The molecule has 0 atom stereocenters. The van der Waals surface area contributed by atoms with Gasteiger partial charge in [0.1, 0.15) is 0 Å². The highest BCUT2D eigenvalue weighted by atomic mass is 32.2. The molecule has 0 radical (unpaired) electrons. The maximum Gasteiger partial charge on any atom is 0.168 e. The molecule has 0 spiro atoms. The van der Waals surface area contributed by atoms with Crippen molar-refractivity contribution in [3.63, 3.8) is 0 Å². The highest BCUT2D eigenvalue weighted by Gasteiger charge is 2.12. The van der Waals surface area contributed by atoms with Gasteiger partial charge < -0.3 is 14.8 Å². The zero-order chi connectivity index (χ0) is 10.6. The summed E-state index contributed by atoms with van der Waals surface area (Å²) in [6.45, 7) is 1.92. The molecule has 1 rings (SSSR count). The minimum absolute atomic E-state index is 0.0773. The summed E-state index contributed by atoms with van der Waals surface area (Å²) in [6.07, 6.45) is 1.08. The molecular weight excluding hydrogens is 200 g/mol. The van der Waals surface area contributed by atoms with Crippen molar-refractivity contribution in [2.75, 3.05) is 5.75 Å². The van der Waals surface area contributed by atoms with Gasteiger partial charge in [0.2, 0.25) is 0 Å². The SMILES string of the molecule is CCCSc1nc(CO)c(CO)n1C. The lowest BCUT2D eigenvalue weighted by atomic mass is 10.3. The van der Waals surface area contributed by atoms with Crippen molar-refractivity contribution >= 4 is 11.8 Å². The van der Waals surface area contributed by atoms with Gasteiger partial charge in [-0.3, -0.25) is 0 Å². The zero-order valence-electron chi connectivity index (χ0n) is 8.53. The summed E-state index contributed by atoms with van der Waals surface area (Å²) in [5, 5.41) is 19.0.